The van der Waals surface area contributed by atoms with Crippen LogP contribution in [0.2, 0.25) is 0 Å². The van der Waals surface area contributed by atoms with Gasteiger partial charge in [0.25, 0.3) is 0 Å². The van der Waals surface area contributed by atoms with Crippen LogP contribution in [0.25, 0.3) is 0 Å². The first kappa shape index (κ1) is 14.6. The van der Waals surface area contributed by atoms with Crippen molar-refractivity contribution >= 4 is 39.0 Å². The highest BCUT2D eigenvalue weighted by atomic mass is 79.9. The maximum absolute atomic E-state index is 3.58. The first-order chi connectivity index (χ1) is 7.65. The molecule has 0 aliphatic carbocycles. The van der Waals surface area contributed by atoms with E-state index in [2.05, 4.69) is 52.8 Å². The van der Waals surface area contributed by atoms with Crippen molar-refractivity contribution < 1.29 is 0 Å². The standard InChI is InChI=1S/C12H20BrNS2/c1-4-12(5-2,15-3)9-14-7-11-6-10(13)8-16-11/h6,8,14H,4-5,7,9H2,1-3H3. The lowest BCUT2D eigenvalue weighted by molar-refractivity contribution is 0.496. The average Bonchev–Trinajstić information content (AvgIpc) is 2.71. The average molecular weight is 322 g/mol. The minimum Gasteiger partial charge on any atom is -0.310 e. The van der Waals surface area contributed by atoms with Crippen molar-refractivity contribution in [3.8, 4) is 0 Å². The van der Waals surface area contributed by atoms with Crippen LogP contribution in [0.5, 0.6) is 0 Å². The molecule has 16 heavy (non-hydrogen) atoms. The fourth-order valence-corrected chi connectivity index (χ4v) is 3.97. The highest BCUT2D eigenvalue weighted by molar-refractivity contribution is 9.10. The molecular formula is C12H20BrNS2. The summed E-state index contributed by atoms with van der Waals surface area (Å²) in [6.45, 7) is 6.64. The molecule has 0 aliphatic heterocycles. The molecule has 0 spiro atoms. The van der Waals surface area contributed by atoms with Crippen molar-refractivity contribution in [3.05, 3.63) is 20.8 Å². The number of thiophene rings is 1. The van der Waals surface area contributed by atoms with Crippen LogP contribution in [0.4, 0.5) is 0 Å². The highest BCUT2D eigenvalue weighted by Gasteiger charge is 2.23. The van der Waals surface area contributed by atoms with Gasteiger partial charge in [0.05, 0.1) is 0 Å². The Labute approximate surface area is 116 Å². The zero-order valence-electron chi connectivity index (χ0n) is 10.2. The van der Waals surface area contributed by atoms with Crippen LogP contribution < -0.4 is 5.32 Å². The second kappa shape index (κ2) is 7.04. The van der Waals surface area contributed by atoms with E-state index in [0.29, 0.717) is 4.75 Å². The predicted molar refractivity (Wildman–Crippen MR) is 80.6 cm³/mol. The van der Waals surface area contributed by atoms with Gasteiger partial charge in [0, 0.05) is 32.6 Å². The summed E-state index contributed by atoms with van der Waals surface area (Å²) in [5.74, 6) is 0. The van der Waals surface area contributed by atoms with E-state index in [1.54, 1.807) is 11.3 Å². The van der Waals surface area contributed by atoms with Crippen LogP contribution in [0, 0.1) is 0 Å². The first-order valence-corrected chi connectivity index (χ1v) is 8.54. The number of rotatable bonds is 7. The molecule has 1 aromatic heterocycles. The Kier molecular flexibility index (Phi) is 6.40. The fourth-order valence-electron chi connectivity index (χ4n) is 1.72. The van der Waals surface area contributed by atoms with E-state index in [0.717, 1.165) is 13.1 Å². The molecule has 1 N–H and O–H groups in total. The smallest absolute Gasteiger partial charge is 0.0300 e. The molecule has 1 aromatic rings. The largest absolute Gasteiger partial charge is 0.310 e. The van der Waals surface area contributed by atoms with E-state index < -0.39 is 0 Å². The van der Waals surface area contributed by atoms with Gasteiger partial charge in [-0.3, -0.25) is 0 Å². The number of nitrogens with one attached hydrogen (secondary N) is 1. The van der Waals surface area contributed by atoms with E-state index in [1.807, 2.05) is 11.8 Å². The predicted octanol–water partition coefficient (Wildman–Crippen LogP) is 4.52. The SMILES string of the molecule is CCC(CC)(CNCc1cc(Br)cs1)SC. The summed E-state index contributed by atoms with van der Waals surface area (Å²) in [5.41, 5.74) is 0. The molecule has 0 radical (unpaired) electrons. The third kappa shape index (κ3) is 4.06. The summed E-state index contributed by atoms with van der Waals surface area (Å²) in [6, 6.07) is 2.19. The lowest BCUT2D eigenvalue weighted by Crippen LogP contribution is -2.36. The minimum absolute atomic E-state index is 0.411. The van der Waals surface area contributed by atoms with Gasteiger partial charge in [-0.15, -0.1) is 11.3 Å². The van der Waals surface area contributed by atoms with Gasteiger partial charge in [0.1, 0.15) is 0 Å². The van der Waals surface area contributed by atoms with Gasteiger partial charge in [0.15, 0.2) is 0 Å². The molecule has 0 fully saturated rings. The zero-order chi connectivity index (χ0) is 12.0. The van der Waals surface area contributed by atoms with Crippen LogP contribution in [0.3, 0.4) is 0 Å². The maximum Gasteiger partial charge on any atom is 0.0300 e. The van der Waals surface area contributed by atoms with Crippen molar-refractivity contribution in [3.63, 3.8) is 0 Å². The van der Waals surface area contributed by atoms with Crippen molar-refractivity contribution in [2.24, 2.45) is 0 Å². The molecule has 0 saturated carbocycles. The monoisotopic (exact) mass is 321 g/mol. The Bertz CT molecular complexity index is 299. The molecule has 0 aliphatic rings. The van der Waals surface area contributed by atoms with Gasteiger partial charge in [-0.25, -0.2) is 0 Å². The van der Waals surface area contributed by atoms with Crippen LogP contribution in [0.15, 0.2) is 15.9 Å². The van der Waals surface area contributed by atoms with Gasteiger partial charge in [-0.2, -0.15) is 11.8 Å². The maximum atomic E-state index is 3.58. The van der Waals surface area contributed by atoms with E-state index in [9.17, 15) is 0 Å². The molecule has 92 valence electrons. The summed E-state index contributed by atoms with van der Waals surface area (Å²) < 4.78 is 1.60. The summed E-state index contributed by atoms with van der Waals surface area (Å²) in [5, 5.41) is 5.71. The van der Waals surface area contributed by atoms with Crippen LogP contribution in [0.1, 0.15) is 31.6 Å². The Balaban J connectivity index is 2.39. The van der Waals surface area contributed by atoms with Gasteiger partial charge < -0.3 is 5.32 Å². The van der Waals surface area contributed by atoms with Crippen molar-refractivity contribution in [2.45, 2.75) is 38.0 Å². The zero-order valence-corrected chi connectivity index (χ0v) is 13.4. The van der Waals surface area contributed by atoms with Gasteiger partial charge >= 0.3 is 0 Å². The minimum atomic E-state index is 0.411. The number of hydrogen-bond acceptors (Lipinski definition) is 3. The lowest BCUT2D eigenvalue weighted by atomic mass is 10.0. The number of hydrogen-bond donors (Lipinski definition) is 1. The molecule has 0 saturated heterocycles. The molecule has 4 heteroatoms. The molecule has 0 atom stereocenters. The summed E-state index contributed by atoms with van der Waals surface area (Å²) >= 11 is 7.28. The molecular weight excluding hydrogens is 302 g/mol. The number of halogens is 1. The summed E-state index contributed by atoms with van der Waals surface area (Å²) in [7, 11) is 0. The van der Waals surface area contributed by atoms with Crippen LogP contribution >= 0.6 is 39.0 Å². The van der Waals surface area contributed by atoms with E-state index in [-0.39, 0.29) is 0 Å². The Morgan fingerprint density at radius 1 is 1.44 bits per heavy atom. The quantitative estimate of drug-likeness (QED) is 0.792. The van der Waals surface area contributed by atoms with Gasteiger partial charge in [0.2, 0.25) is 0 Å². The molecule has 0 amide bonds. The fraction of sp³-hybridized carbons (Fsp3) is 0.667. The Morgan fingerprint density at radius 3 is 2.56 bits per heavy atom. The van der Waals surface area contributed by atoms with E-state index >= 15 is 0 Å². The van der Waals surface area contributed by atoms with Crippen LogP contribution in [-0.4, -0.2) is 17.5 Å². The third-order valence-electron chi connectivity index (χ3n) is 3.09. The highest BCUT2D eigenvalue weighted by Crippen LogP contribution is 2.29. The Morgan fingerprint density at radius 2 is 2.12 bits per heavy atom. The van der Waals surface area contributed by atoms with Crippen LogP contribution in [-0.2, 0) is 6.54 Å². The third-order valence-corrected chi connectivity index (χ3v) is 6.38. The molecule has 0 aromatic carbocycles. The number of thioether (sulfide) groups is 1. The second-order valence-corrected chi connectivity index (χ2v) is 7.11. The first-order valence-electron chi connectivity index (χ1n) is 5.64. The topological polar surface area (TPSA) is 12.0 Å². The van der Waals surface area contributed by atoms with Crippen molar-refractivity contribution in [1.82, 2.24) is 5.32 Å². The van der Waals surface area contributed by atoms with Crippen molar-refractivity contribution in [2.75, 3.05) is 12.8 Å². The summed E-state index contributed by atoms with van der Waals surface area (Å²) in [4.78, 5) is 1.40. The Hall–Kier alpha value is 0.490. The summed E-state index contributed by atoms with van der Waals surface area (Å²) in [6.07, 6.45) is 4.67. The molecule has 1 rings (SSSR count). The second-order valence-electron chi connectivity index (χ2n) is 3.93. The lowest BCUT2D eigenvalue weighted by Gasteiger charge is -2.29. The molecule has 0 bridgehead atoms. The molecule has 0 unspecified atom stereocenters. The van der Waals surface area contributed by atoms with E-state index in [1.165, 1.54) is 22.2 Å². The molecule has 1 heterocycles. The molecule has 1 nitrogen and oxygen atoms in total. The van der Waals surface area contributed by atoms with Crippen molar-refractivity contribution in [1.29, 1.82) is 0 Å². The normalized spacial score (nSPS) is 12.0. The van der Waals surface area contributed by atoms with Gasteiger partial charge in [-0.1, -0.05) is 13.8 Å². The van der Waals surface area contributed by atoms with E-state index in [4.69, 9.17) is 0 Å². The van der Waals surface area contributed by atoms with Gasteiger partial charge in [-0.05, 0) is 41.1 Å².